The van der Waals surface area contributed by atoms with Crippen LogP contribution >= 0.6 is 0 Å². The fraction of sp³-hybridized carbons (Fsp3) is 0.188. The number of benzene rings is 1. The molecule has 0 radical (unpaired) electrons. The van der Waals surface area contributed by atoms with Gasteiger partial charge in [-0.15, -0.1) is 0 Å². The molecule has 1 aliphatic rings. The average Bonchev–Trinajstić information content (AvgIpc) is 2.47. The van der Waals surface area contributed by atoms with E-state index in [-0.39, 0.29) is 12.1 Å². The molecular formula is C16H14FNO3. The van der Waals surface area contributed by atoms with Crippen molar-refractivity contribution in [3.8, 4) is 0 Å². The summed E-state index contributed by atoms with van der Waals surface area (Å²) in [6.45, 7) is 7.12. The second-order valence-corrected chi connectivity index (χ2v) is 4.85. The van der Waals surface area contributed by atoms with E-state index in [9.17, 15) is 19.3 Å². The first-order chi connectivity index (χ1) is 9.90. The number of rotatable bonds is 4. The zero-order chi connectivity index (χ0) is 15.6. The summed E-state index contributed by atoms with van der Waals surface area (Å²) >= 11 is 0. The summed E-state index contributed by atoms with van der Waals surface area (Å²) in [5, 5.41) is 10.5. The molecule has 21 heavy (non-hydrogen) atoms. The summed E-state index contributed by atoms with van der Waals surface area (Å²) in [6.07, 6.45) is 2.03. The number of carbonyl (C=O) groups excluding carboxylic acids is 1. The van der Waals surface area contributed by atoms with Crippen molar-refractivity contribution >= 4 is 11.4 Å². The van der Waals surface area contributed by atoms with Crippen molar-refractivity contribution in [2.75, 3.05) is 0 Å². The molecular weight excluding hydrogens is 273 g/mol. The quantitative estimate of drug-likeness (QED) is 0.483. The predicted octanol–water partition coefficient (Wildman–Crippen LogP) is 3.51. The maximum atomic E-state index is 13.3. The molecule has 0 aromatic heterocycles. The number of Topliss-reactive ketones (excluding diaryl/α,β-unsaturated/α-hetero) is 1. The number of carbonyl (C=O) groups is 1. The van der Waals surface area contributed by atoms with Crippen LogP contribution in [0.1, 0.15) is 27.9 Å². The summed E-state index contributed by atoms with van der Waals surface area (Å²) < 4.78 is 13.3. The number of alkyl halides is 1. The Balaban J connectivity index is 2.23. The Labute approximate surface area is 121 Å². The number of aryl methyl sites for hydroxylation is 1. The van der Waals surface area contributed by atoms with Gasteiger partial charge in [0.05, 0.1) is 4.92 Å². The first kappa shape index (κ1) is 14.8. The highest BCUT2D eigenvalue weighted by Crippen LogP contribution is 2.26. The molecule has 1 unspecified atom stereocenters. The number of halogens is 1. The van der Waals surface area contributed by atoms with Gasteiger partial charge in [0.1, 0.15) is 0 Å². The number of nitrogens with zero attached hydrogens (tertiary/aromatic N) is 1. The van der Waals surface area contributed by atoms with Crippen LogP contribution in [0.15, 0.2) is 49.2 Å². The van der Waals surface area contributed by atoms with E-state index in [2.05, 4.69) is 13.2 Å². The van der Waals surface area contributed by atoms with Crippen LogP contribution in [-0.2, 0) is 6.42 Å². The maximum Gasteiger partial charge on any atom is 0.262 e. The molecule has 0 aliphatic heterocycles. The van der Waals surface area contributed by atoms with Crippen molar-refractivity contribution in [1.29, 1.82) is 0 Å². The molecule has 0 saturated heterocycles. The van der Waals surface area contributed by atoms with Gasteiger partial charge >= 0.3 is 0 Å². The topological polar surface area (TPSA) is 60.2 Å². The maximum absolute atomic E-state index is 13.3. The lowest BCUT2D eigenvalue weighted by molar-refractivity contribution is -0.418. The highest BCUT2D eigenvalue weighted by molar-refractivity contribution is 6.02. The molecule has 2 rings (SSSR count). The van der Waals surface area contributed by atoms with E-state index in [0.717, 1.165) is 11.1 Å². The smallest absolute Gasteiger partial charge is 0.262 e. The van der Waals surface area contributed by atoms with E-state index in [1.165, 1.54) is 12.2 Å². The zero-order valence-corrected chi connectivity index (χ0v) is 11.3. The van der Waals surface area contributed by atoms with Gasteiger partial charge in [-0.1, -0.05) is 24.8 Å². The Kier molecular flexibility index (Phi) is 4.12. The van der Waals surface area contributed by atoms with Gasteiger partial charge in [-0.25, -0.2) is 4.39 Å². The Bertz CT molecular complexity index is 676. The van der Waals surface area contributed by atoms with Crippen LogP contribution in [0.4, 0.5) is 4.39 Å². The molecule has 0 amide bonds. The van der Waals surface area contributed by atoms with Crippen LogP contribution < -0.4 is 0 Å². The van der Waals surface area contributed by atoms with Crippen molar-refractivity contribution in [2.24, 2.45) is 0 Å². The highest BCUT2D eigenvalue weighted by atomic mass is 19.1. The minimum absolute atomic E-state index is 0.190. The Morgan fingerprint density at radius 1 is 1.38 bits per heavy atom. The molecule has 4 nitrogen and oxygen atoms in total. The molecule has 1 aromatic carbocycles. The molecule has 1 aromatic rings. The second-order valence-electron chi connectivity index (χ2n) is 4.85. The van der Waals surface area contributed by atoms with Crippen molar-refractivity contribution < 1.29 is 14.1 Å². The highest BCUT2D eigenvalue weighted by Gasteiger charge is 2.26. The van der Waals surface area contributed by atoms with Gasteiger partial charge in [-0.2, -0.15) is 0 Å². The summed E-state index contributed by atoms with van der Waals surface area (Å²) in [7, 11) is 0. The second kappa shape index (κ2) is 5.83. The lowest BCUT2D eigenvalue weighted by Crippen LogP contribution is -2.23. The lowest BCUT2D eigenvalue weighted by Gasteiger charge is -2.18. The minimum atomic E-state index is -1.42. The van der Waals surface area contributed by atoms with E-state index in [4.69, 9.17) is 0 Å². The average molecular weight is 287 g/mol. The Morgan fingerprint density at radius 2 is 2.10 bits per heavy atom. The molecule has 1 atom stereocenters. The van der Waals surface area contributed by atoms with Crippen molar-refractivity contribution in [2.45, 2.75) is 19.0 Å². The van der Waals surface area contributed by atoms with Gasteiger partial charge in [0, 0.05) is 11.6 Å². The van der Waals surface area contributed by atoms with Gasteiger partial charge in [0.15, 0.2) is 12.0 Å². The van der Waals surface area contributed by atoms with Gasteiger partial charge in [-0.05, 0) is 42.2 Å². The van der Waals surface area contributed by atoms with E-state index in [1.54, 1.807) is 18.2 Å². The van der Waals surface area contributed by atoms with Crippen LogP contribution in [-0.4, -0.2) is 16.9 Å². The molecule has 0 heterocycles. The lowest BCUT2D eigenvalue weighted by atomic mass is 9.87. The van der Waals surface area contributed by atoms with Crippen LogP contribution in [0.25, 0.3) is 5.57 Å². The summed E-state index contributed by atoms with van der Waals surface area (Å²) in [5.41, 5.74) is 2.27. The number of ketones is 1. The number of hydrogen-bond acceptors (Lipinski definition) is 3. The molecule has 0 N–H and O–H groups in total. The van der Waals surface area contributed by atoms with Crippen LogP contribution in [0, 0.1) is 10.1 Å². The third kappa shape index (κ3) is 3.13. The molecule has 0 fully saturated rings. The first-order valence-corrected chi connectivity index (χ1v) is 6.42. The third-order valence-electron chi connectivity index (χ3n) is 3.40. The third-order valence-corrected chi connectivity index (χ3v) is 3.40. The molecule has 1 aliphatic carbocycles. The summed E-state index contributed by atoms with van der Waals surface area (Å²) in [6, 6.07) is 5.02. The monoisotopic (exact) mass is 287 g/mol. The normalized spacial score (nSPS) is 17.6. The van der Waals surface area contributed by atoms with Gasteiger partial charge in [-0.3, -0.25) is 14.9 Å². The molecule has 0 saturated carbocycles. The van der Waals surface area contributed by atoms with Crippen molar-refractivity contribution in [3.63, 3.8) is 0 Å². The van der Waals surface area contributed by atoms with E-state index >= 15 is 0 Å². The molecule has 0 bridgehead atoms. The van der Waals surface area contributed by atoms with Gasteiger partial charge in [0.25, 0.3) is 5.70 Å². The molecule has 0 spiro atoms. The van der Waals surface area contributed by atoms with E-state index < -0.39 is 16.9 Å². The fourth-order valence-corrected chi connectivity index (χ4v) is 2.18. The fourth-order valence-electron chi connectivity index (χ4n) is 2.18. The van der Waals surface area contributed by atoms with Crippen molar-refractivity contribution in [3.05, 3.63) is 76.0 Å². The van der Waals surface area contributed by atoms with E-state index in [0.29, 0.717) is 17.6 Å². The summed E-state index contributed by atoms with van der Waals surface area (Å²) in [4.78, 5) is 21.6. The minimum Gasteiger partial charge on any atom is -0.291 e. The largest absolute Gasteiger partial charge is 0.291 e. The number of allylic oxidation sites excluding steroid dienone is 3. The standard InChI is InChI=1S/C16H14FNO3/c1-10(3-4-11(2)18(20)21)12-5-7-14-13(9-12)6-8-15(17)16(14)19/h3-5,7,9,15H,1-2,6,8H2/b4-3-. The van der Waals surface area contributed by atoms with Crippen LogP contribution in [0.3, 0.4) is 0 Å². The Hall–Kier alpha value is -2.56. The van der Waals surface area contributed by atoms with Crippen molar-refractivity contribution in [1.82, 2.24) is 0 Å². The van der Waals surface area contributed by atoms with Gasteiger partial charge in [0.2, 0.25) is 0 Å². The van der Waals surface area contributed by atoms with Gasteiger partial charge < -0.3 is 0 Å². The summed E-state index contributed by atoms with van der Waals surface area (Å²) in [5.74, 6) is -0.481. The predicted molar refractivity (Wildman–Crippen MR) is 78.3 cm³/mol. The Morgan fingerprint density at radius 3 is 2.76 bits per heavy atom. The van der Waals surface area contributed by atoms with E-state index in [1.807, 2.05) is 0 Å². The molecule has 5 heteroatoms. The SMILES string of the molecule is C=C(/C=C\C(=C)[N+](=O)[O-])c1ccc2c(c1)CCC(F)C2=O. The zero-order valence-electron chi connectivity index (χ0n) is 11.3. The first-order valence-electron chi connectivity index (χ1n) is 6.42. The van der Waals surface area contributed by atoms with Crippen LogP contribution in [0.2, 0.25) is 0 Å². The number of nitro groups is 1. The number of fused-ring (bicyclic) bond motifs is 1. The number of hydrogen-bond donors (Lipinski definition) is 0. The van der Waals surface area contributed by atoms with Crippen LogP contribution in [0.5, 0.6) is 0 Å². The molecule has 108 valence electrons.